The maximum atomic E-state index is 13.5. The molecule has 0 saturated carbocycles. The monoisotopic (exact) mass is 424 g/mol. The summed E-state index contributed by atoms with van der Waals surface area (Å²) in [5.41, 5.74) is 4.37. The fraction of sp³-hybridized carbons (Fsp3) is 0.185. The number of piperazine rings is 1. The molecule has 1 saturated heterocycles. The van der Waals surface area contributed by atoms with Gasteiger partial charge in [-0.3, -0.25) is 9.59 Å². The van der Waals surface area contributed by atoms with Crippen LogP contribution in [0.1, 0.15) is 16.1 Å². The Morgan fingerprint density at radius 3 is 2.19 bits per heavy atom. The highest BCUT2D eigenvalue weighted by molar-refractivity contribution is 6.43. The SMILES string of the molecule is O=C(C(=O)N1CC[NH+](Cc2ccccc2)CC1)c1c(-c2ccccc2)cc2ccccn12. The normalized spacial score (nSPS) is 14.6. The Labute approximate surface area is 187 Å². The van der Waals surface area contributed by atoms with Gasteiger partial charge in [-0.05, 0) is 23.8 Å². The summed E-state index contributed by atoms with van der Waals surface area (Å²) in [5, 5.41) is 0. The Morgan fingerprint density at radius 1 is 0.812 bits per heavy atom. The molecule has 5 nitrogen and oxygen atoms in total. The quantitative estimate of drug-likeness (QED) is 0.396. The summed E-state index contributed by atoms with van der Waals surface area (Å²) in [6, 6.07) is 28.0. The van der Waals surface area contributed by atoms with Crippen molar-refractivity contribution < 1.29 is 14.5 Å². The molecule has 160 valence electrons. The Kier molecular flexibility index (Phi) is 5.57. The second kappa shape index (κ2) is 8.81. The second-order valence-corrected chi connectivity index (χ2v) is 8.30. The van der Waals surface area contributed by atoms with Crippen molar-refractivity contribution in [3.05, 3.63) is 102 Å². The van der Waals surface area contributed by atoms with E-state index in [4.69, 9.17) is 0 Å². The van der Waals surface area contributed by atoms with Gasteiger partial charge in [0.15, 0.2) is 0 Å². The van der Waals surface area contributed by atoms with Crippen LogP contribution in [-0.2, 0) is 11.3 Å². The lowest BCUT2D eigenvalue weighted by Crippen LogP contribution is -3.13. The van der Waals surface area contributed by atoms with Crippen LogP contribution < -0.4 is 4.90 Å². The number of benzene rings is 2. The van der Waals surface area contributed by atoms with Gasteiger partial charge < -0.3 is 14.2 Å². The van der Waals surface area contributed by atoms with Crippen molar-refractivity contribution >= 4 is 17.2 Å². The summed E-state index contributed by atoms with van der Waals surface area (Å²) in [5.74, 6) is -0.855. The van der Waals surface area contributed by atoms with E-state index in [0.29, 0.717) is 18.8 Å². The fourth-order valence-electron chi connectivity index (χ4n) is 4.53. The number of hydrogen-bond donors (Lipinski definition) is 1. The number of quaternary nitrogens is 1. The van der Waals surface area contributed by atoms with E-state index in [-0.39, 0.29) is 0 Å². The highest BCUT2D eigenvalue weighted by atomic mass is 16.2. The molecular formula is C27H26N3O2+. The second-order valence-electron chi connectivity index (χ2n) is 8.30. The van der Waals surface area contributed by atoms with Crippen molar-refractivity contribution in [3.8, 4) is 11.1 Å². The number of rotatable bonds is 5. The molecule has 3 heterocycles. The van der Waals surface area contributed by atoms with Crippen LogP contribution in [0.3, 0.4) is 0 Å². The number of amides is 1. The lowest BCUT2D eigenvalue weighted by Gasteiger charge is -2.32. The first kappa shape index (κ1) is 20.2. The van der Waals surface area contributed by atoms with Crippen LogP contribution in [-0.4, -0.2) is 47.2 Å². The zero-order chi connectivity index (χ0) is 21.9. The van der Waals surface area contributed by atoms with E-state index >= 15 is 0 Å². The molecule has 0 unspecified atom stereocenters. The molecule has 1 N–H and O–H groups in total. The smallest absolute Gasteiger partial charge is 0.297 e. The molecule has 0 spiro atoms. The van der Waals surface area contributed by atoms with E-state index < -0.39 is 11.7 Å². The van der Waals surface area contributed by atoms with Crippen LogP contribution in [0.4, 0.5) is 0 Å². The zero-order valence-electron chi connectivity index (χ0n) is 17.9. The molecule has 2 aromatic heterocycles. The number of carbonyl (C=O) groups excluding carboxylic acids is 2. The minimum Gasteiger partial charge on any atom is -0.328 e. The van der Waals surface area contributed by atoms with Gasteiger partial charge in [-0.1, -0.05) is 66.7 Å². The molecule has 1 aliphatic rings. The summed E-state index contributed by atoms with van der Waals surface area (Å²) < 4.78 is 1.83. The molecule has 1 aliphatic heterocycles. The summed E-state index contributed by atoms with van der Waals surface area (Å²) in [4.78, 5) is 29.9. The molecule has 1 amide bonds. The largest absolute Gasteiger partial charge is 0.328 e. The summed E-state index contributed by atoms with van der Waals surface area (Å²) >= 11 is 0. The fourth-order valence-corrected chi connectivity index (χ4v) is 4.53. The van der Waals surface area contributed by atoms with Gasteiger partial charge in [0.2, 0.25) is 0 Å². The standard InChI is InChI=1S/C27H25N3O2/c31-26(27(32)29-17-15-28(16-18-29)20-21-9-3-1-4-10-21)25-24(22-11-5-2-6-12-22)19-23-13-7-8-14-30(23)25/h1-14,19H,15-18,20H2/p+1. The zero-order valence-corrected chi connectivity index (χ0v) is 17.9. The topological polar surface area (TPSA) is 46.2 Å². The third-order valence-electron chi connectivity index (χ3n) is 6.23. The third kappa shape index (κ3) is 3.95. The van der Waals surface area contributed by atoms with Crippen LogP contribution >= 0.6 is 0 Å². The Morgan fingerprint density at radius 2 is 1.47 bits per heavy atom. The average molecular weight is 425 g/mol. The molecule has 32 heavy (non-hydrogen) atoms. The maximum absolute atomic E-state index is 13.5. The minimum absolute atomic E-state index is 0.412. The number of hydrogen-bond acceptors (Lipinski definition) is 2. The van der Waals surface area contributed by atoms with Crippen molar-refractivity contribution in [3.63, 3.8) is 0 Å². The van der Waals surface area contributed by atoms with Crippen molar-refractivity contribution in [2.24, 2.45) is 0 Å². The predicted molar refractivity (Wildman–Crippen MR) is 125 cm³/mol. The number of nitrogens with one attached hydrogen (secondary N) is 1. The summed E-state index contributed by atoms with van der Waals surface area (Å²) in [6.07, 6.45) is 1.85. The minimum atomic E-state index is -0.443. The van der Waals surface area contributed by atoms with E-state index in [2.05, 4.69) is 24.3 Å². The number of aromatic nitrogens is 1. The summed E-state index contributed by atoms with van der Waals surface area (Å²) in [7, 11) is 0. The van der Waals surface area contributed by atoms with Gasteiger partial charge in [-0.25, -0.2) is 0 Å². The van der Waals surface area contributed by atoms with Crippen LogP contribution in [0.25, 0.3) is 16.6 Å². The lowest BCUT2D eigenvalue weighted by atomic mass is 10.0. The van der Waals surface area contributed by atoms with E-state index in [1.54, 1.807) is 4.90 Å². The van der Waals surface area contributed by atoms with Crippen molar-refractivity contribution in [2.45, 2.75) is 6.54 Å². The number of nitrogens with zero attached hydrogens (tertiary/aromatic N) is 2. The average Bonchev–Trinajstić information content (AvgIpc) is 3.24. The molecule has 2 aromatic carbocycles. The van der Waals surface area contributed by atoms with Gasteiger partial charge in [0.25, 0.3) is 11.7 Å². The molecule has 5 rings (SSSR count). The number of Topliss-reactive ketones (excluding diaryl/α,β-unsaturated/α-hetero) is 1. The molecule has 0 atom stereocenters. The van der Waals surface area contributed by atoms with Crippen LogP contribution in [0, 0.1) is 0 Å². The Hall–Kier alpha value is -3.70. The van der Waals surface area contributed by atoms with Gasteiger partial charge >= 0.3 is 0 Å². The maximum Gasteiger partial charge on any atom is 0.297 e. The molecule has 0 aliphatic carbocycles. The van der Waals surface area contributed by atoms with Gasteiger partial charge in [0, 0.05) is 22.8 Å². The van der Waals surface area contributed by atoms with E-state index in [1.807, 2.05) is 71.3 Å². The van der Waals surface area contributed by atoms with Crippen LogP contribution in [0.15, 0.2) is 91.1 Å². The van der Waals surface area contributed by atoms with Gasteiger partial charge in [-0.15, -0.1) is 0 Å². The van der Waals surface area contributed by atoms with E-state index in [0.717, 1.165) is 36.3 Å². The highest BCUT2D eigenvalue weighted by Gasteiger charge is 2.31. The third-order valence-corrected chi connectivity index (χ3v) is 6.23. The molecule has 1 fully saturated rings. The predicted octanol–water partition coefficient (Wildman–Crippen LogP) is 2.72. The molecule has 5 heteroatoms. The Bertz CT molecular complexity index is 1240. The van der Waals surface area contributed by atoms with E-state index in [1.165, 1.54) is 10.5 Å². The number of pyridine rings is 1. The first-order valence-electron chi connectivity index (χ1n) is 11.1. The molecule has 0 radical (unpaired) electrons. The summed E-state index contributed by atoms with van der Waals surface area (Å²) in [6.45, 7) is 3.81. The number of carbonyl (C=O) groups is 2. The van der Waals surface area contributed by atoms with Gasteiger partial charge in [0.1, 0.15) is 12.2 Å². The number of ketones is 1. The molecule has 4 aromatic rings. The first-order chi connectivity index (χ1) is 15.7. The Balaban J connectivity index is 1.36. The van der Waals surface area contributed by atoms with Crippen molar-refractivity contribution in [1.29, 1.82) is 0 Å². The van der Waals surface area contributed by atoms with Crippen molar-refractivity contribution in [1.82, 2.24) is 9.30 Å². The van der Waals surface area contributed by atoms with Gasteiger partial charge in [-0.2, -0.15) is 0 Å². The lowest BCUT2D eigenvalue weighted by molar-refractivity contribution is -0.917. The molecular weight excluding hydrogens is 398 g/mol. The first-order valence-corrected chi connectivity index (χ1v) is 11.1. The van der Waals surface area contributed by atoms with Gasteiger partial charge in [0.05, 0.1) is 26.2 Å². The van der Waals surface area contributed by atoms with Crippen LogP contribution in [0.5, 0.6) is 0 Å². The highest BCUT2D eigenvalue weighted by Crippen LogP contribution is 2.28. The molecule has 0 bridgehead atoms. The van der Waals surface area contributed by atoms with Crippen LogP contribution in [0.2, 0.25) is 0 Å². The number of fused-ring (bicyclic) bond motifs is 1. The van der Waals surface area contributed by atoms with E-state index in [9.17, 15) is 9.59 Å². The van der Waals surface area contributed by atoms with Crippen molar-refractivity contribution in [2.75, 3.05) is 26.2 Å².